The number of para-hydroxylation sites is 1. The van der Waals surface area contributed by atoms with E-state index in [2.05, 4.69) is 5.32 Å². The van der Waals surface area contributed by atoms with E-state index in [-0.39, 0.29) is 12.3 Å². The molecule has 0 aliphatic rings. The molecular weight excluding hydrogens is 448 g/mol. The van der Waals surface area contributed by atoms with Gasteiger partial charge in [0.2, 0.25) is 10.7 Å². The highest BCUT2D eigenvalue weighted by molar-refractivity contribution is 7.71. The summed E-state index contributed by atoms with van der Waals surface area (Å²) in [6.07, 6.45) is 0.210. The monoisotopic (exact) mass is 474 g/mol. The van der Waals surface area contributed by atoms with E-state index < -0.39 is 0 Å². The van der Waals surface area contributed by atoms with Crippen LogP contribution in [0.1, 0.15) is 12.0 Å². The second-order valence-electron chi connectivity index (χ2n) is 7.73. The normalized spacial score (nSPS) is 10.7. The fraction of sp³-hybridized carbons (Fsp3) is 0.192. The number of benzene rings is 3. The van der Waals surface area contributed by atoms with E-state index in [4.69, 9.17) is 26.8 Å². The summed E-state index contributed by atoms with van der Waals surface area (Å²) in [6, 6.07) is 23.0. The molecule has 174 valence electrons. The molecule has 0 radical (unpaired) electrons. The molecule has 1 amide bonds. The van der Waals surface area contributed by atoms with E-state index in [1.807, 2.05) is 78.2 Å². The number of nitrogens with zero attached hydrogens (tertiary/aromatic N) is 3. The average molecular weight is 475 g/mol. The highest BCUT2D eigenvalue weighted by Crippen LogP contribution is 2.30. The number of amides is 1. The smallest absolute Gasteiger partial charge is 0.226 e. The van der Waals surface area contributed by atoms with Gasteiger partial charge in [-0.3, -0.25) is 9.36 Å². The zero-order valence-corrected chi connectivity index (χ0v) is 20.1. The lowest BCUT2D eigenvalue weighted by atomic mass is 10.1. The lowest BCUT2D eigenvalue weighted by Crippen LogP contribution is -2.15. The summed E-state index contributed by atoms with van der Waals surface area (Å²) in [6.45, 7) is 2.37. The summed E-state index contributed by atoms with van der Waals surface area (Å²) in [5.74, 6) is 1.88. The van der Waals surface area contributed by atoms with E-state index >= 15 is 0 Å². The molecule has 0 saturated carbocycles. The van der Waals surface area contributed by atoms with Gasteiger partial charge in [-0.1, -0.05) is 35.9 Å². The molecule has 4 rings (SSSR count). The minimum Gasteiger partial charge on any atom is -0.497 e. The van der Waals surface area contributed by atoms with E-state index in [0.29, 0.717) is 34.3 Å². The largest absolute Gasteiger partial charge is 0.497 e. The topological polar surface area (TPSA) is 70.3 Å². The Hall–Kier alpha value is -3.91. The maximum Gasteiger partial charge on any atom is 0.226 e. The van der Waals surface area contributed by atoms with Gasteiger partial charge >= 0.3 is 0 Å². The van der Waals surface area contributed by atoms with Crippen molar-refractivity contribution in [2.45, 2.75) is 19.9 Å². The number of carbonyl (C=O) groups excluding carboxylic acids is 1. The average Bonchev–Trinajstić information content (AvgIpc) is 3.19. The van der Waals surface area contributed by atoms with Crippen LogP contribution in [-0.4, -0.2) is 34.5 Å². The van der Waals surface area contributed by atoms with Crippen LogP contribution in [0.5, 0.6) is 11.5 Å². The Kier molecular flexibility index (Phi) is 7.08. The lowest BCUT2D eigenvalue weighted by Gasteiger charge is -2.10. The third-order valence-electron chi connectivity index (χ3n) is 5.38. The van der Waals surface area contributed by atoms with Crippen molar-refractivity contribution in [1.82, 2.24) is 14.3 Å². The zero-order chi connectivity index (χ0) is 24.1. The van der Waals surface area contributed by atoms with Gasteiger partial charge in [0.05, 0.1) is 26.3 Å². The molecule has 1 N–H and O–H groups in total. The standard InChI is InChI=1S/C26H26N4O3S/c1-18-11-13-20(14-12-18)30-25(22-9-4-5-10-23(22)33-3)28-29(26(30)34)16-15-24(31)27-19-7-6-8-21(17-19)32-2/h4-14,17H,15-16H2,1-3H3,(H,27,31). The van der Waals surface area contributed by atoms with Gasteiger partial charge in [-0.15, -0.1) is 0 Å². The number of hydrogen-bond acceptors (Lipinski definition) is 5. The van der Waals surface area contributed by atoms with Gasteiger partial charge in [0.1, 0.15) is 11.5 Å². The van der Waals surface area contributed by atoms with Gasteiger partial charge < -0.3 is 14.8 Å². The number of aromatic nitrogens is 3. The quantitative estimate of drug-likeness (QED) is 0.345. The van der Waals surface area contributed by atoms with E-state index in [1.165, 1.54) is 0 Å². The van der Waals surface area contributed by atoms with Crippen molar-refractivity contribution in [3.8, 4) is 28.6 Å². The van der Waals surface area contributed by atoms with Crippen molar-refractivity contribution in [2.24, 2.45) is 0 Å². The van der Waals surface area contributed by atoms with Crippen LogP contribution in [0.3, 0.4) is 0 Å². The van der Waals surface area contributed by atoms with Crippen LogP contribution in [0.4, 0.5) is 5.69 Å². The predicted molar refractivity (Wildman–Crippen MR) is 135 cm³/mol. The van der Waals surface area contributed by atoms with Crippen molar-refractivity contribution in [3.05, 3.63) is 83.1 Å². The van der Waals surface area contributed by atoms with Gasteiger partial charge in [-0.05, 0) is 55.5 Å². The van der Waals surface area contributed by atoms with Gasteiger partial charge in [0, 0.05) is 23.9 Å². The van der Waals surface area contributed by atoms with Gasteiger partial charge in [0.15, 0.2) is 5.82 Å². The maximum absolute atomic E-state index is 12.6. The molecule has 34 heavy (non-hydrogen) atoms. The Bertz CT molecular complexity index is 1360. The molecule has 3 aromatic carbocycles. The summed E-state index contributed by atoms with van der Waals surface area (Å²) in [7, 11) is 3.22. The molecule has 8 heteroatoms. The maximum atomic E-state index is 12.6. The fourth-order valence-electron chi connectivity index (χ4n) is 3.62. The third-order valence-corrected chi connectivity index (χ3v) is 5.78. The van der Waals surface area contributed by atoms with Crippen LogP contribution < -0.4 is 14.8 Å². The first kappa shape index (κ1) is 23.3. The fourth-order valence-corrected chi connectivity index (χ4v) is 3.94. The number of anilines is 1. The number of hydrogen-bond donors (Lipinski definition) is 1. The summed E-state index contributed by atoms with van der Waals surface area (Å²) < 4.78 is 14.9. The highest BCUT2D eigenvalue weighted by atomic mass is 32.1. The molecule has 0 unspecified atom stereocenters. The minimum atomic E-state index is -0.140. The van der Waals surface area contributed by atoms with Crippen molar-refractivity contribution >= 4 is 23.8 Å². The summed E-state index contributed by atoms with van der Waals surface area (Å²) >= 11 is 5.80. The molecule has 0 atom stereocenters. The molecular formula is C26H26N4O3S. The van der Waals surface area contributed by atoms with Crippen LogP contribution in [0.25, 0.3) is 17.1 Å². The first-order chi connectivity index (χ1) is 16.5. The SMILES string of the molecule is COc1cccc(NC(=O)CCn2nc(-c3ccccc3OC)n(-c3ccc(C)cc3)c2=S)c1. The Balaban J connectivity index is 1.65. The second-order valence-corrected chi connectivity index (χ2v) is 8.10. The molecule has 4 aromatic rings. The van der Waals surface area contributed by atoms with E-state index in [0.717, 1.165) is 16.8 Å². The van der Waals surface area contributed by atoms with Crippen molar-refractivity contribution in [3.63, 3.8) is 0 Å². The number of methoxy groups -OCH3 is 2. The molecule has 0 aliphatic heterocycles. The predicted octanol–water partition coefficient (Wildman–Crippen LogP) is 5.42. The first-order valence-electron chi connectivity index (χ1n) is 10.8. The molecule has 0 spiro atoms. The highest BCUT2D eigenvalue weighted by Gasteiger charge is 2.18. The molecule has 0 fully saturated rings. The van der Waals surface area contributed by atoms with Crippen molar-refractivity contribution in [1.29, 1.82) is 0 Å². The first-order valence-corrected chi connectivity index (χ1v) is 11.2. The third kappa shape index (κ3) is 5.02. The van der Waals surface area contributed by atoms with Gasteiger partial charge in [0.25, 0.3) is 0 Å². The van der Waals surface area contributed by atoms with Gasteiger partial charge in [-0.2, -0.15) is 5.10 Å². The van der Waals surface area contributed by atoms with Crippen molar-refractivity contribution in [2.75, 3.05) is 19.5 Å². The molecule has 7 nitrogen and oxygen atoms in total. The Morgan fingerprint density at radius 3 is 2.50 bits per heavy atom. The molecule has 0 aliphatic carbocycles. The van der Waals surface area contributed by atoms with Crippen LogP contribution >= 0.6 is 12.2 Å². The van der Waals surface area contributed by atoms with Crippen LogP contribution in [0, 0.1) is 11.7 Å². The van der Waals surface area contributed by atoms with E-state index in [9.17, 15) is 4.79 Å². The summed E-state index contributed by atoms with van der Waals surface area (Å²) in [4.78, 5) is 12.6. The summed E-state index contributed by atoms with van der Waals surface area (Å²) in [5, 5.41) is 7.68. The van der Waals surface area contributed by atoms with Gasteiger partial charge in [-0.25, -0.2) is 4.68 Å². The minimum absolute atomic E-state index is 0.140. The second kappa shape index (κ2) is 10.4. The Morgan fingerprint density at radius 1 is 1.00 bits per heavy atom. The number of carbonyl (C=O) groups is 1. The number of aryl methyl sites for hydroxylation is 2. The molecule has 1 aromatic heterocycles. The van der Waals surface area contributed by atoms with E-state index in [1.54, 1.807) is 25.0 Å². The van der Waals surface area contributed by atoms with Crippen LogP contribution in [-0.2, 0) is 11.3 Å². The number of nitrogens with one attached hydrogen (secondary N) is 1. The molecule has 1 heterocycles. The summed E-state index contributed by atoms with van der Waals surface area (Å²) in [5.41, 5.74) is 3.53. The molecule has 0 saturated heterocycles. The Labute approximate surface area is 203 Å². The lowest BCUT2D eigenvalue weighted by molar-refractivity contribution is -0.116. The van der Waals surface area contributed by atoms with Crippen LogP contribution in [0.15, 0.2) is 72.8 Å². The number of rotatable bonds is 8. The van der Waals surface area contributed by atoms with Crippen LogP contribution in [0.2, 0.25) is 0 Å². The Morgan fingerprint density at radius 2 is 1.76 bits per heavy atom. The number of ether oxygens (including phenoxy) is 2. The van der Waals surface area contributed by atoms with Crippen molar-refractivity contribution < 1.29 is 14.3 Å². The molecule has 0 bridgehead atoms. The zero-order valence-electron chi connectivity index (χ0n) is 19.3.